The molecular weight excluding hydrogens is 368 g/mol. The predicted molar refractivity (Wildman–Crippen MR) is 105 cm³/mol. The van der Waals surface area contributed by atoms with Gasteiger partial charge in [0.15, 0.2) is 0 Å². The lowest BCUT2D eigenvalue weighted by atomic mass is 9.98. The van der Waals surface area contributed by atoms with E-state index in [9.17, 15) is 14.4 Å². The van der Waals surface area contributed by atoms with Crippen molar-refractivity contribution < 1.29 is 14.4 Å². The fourth-order valence-corrected chi connectivity index (χ4v) is 4.47. The summed E-state index contributed by atoms with van der Waals surface area (Å²) in [5.41, 5.74) is 7.44. The van der Waals surface area contributed by atoms with Gasteiger partial charge in [0.2, 0.25) is 17.7 Å². The van der Waals surface area contributed by atoms with E-state index in [1.54, 1.807) is 12.1 Å². The average Bonchev–Trinajstić information content (AvgIpc) is 3.21. The largest absolute Gasteiger partial charge is 0.342 e. The van der Waals surface area contributed by atoms with Crippen molar-refractivity contribution in [1.29, 1.82) is 0 Å². The van der Waals surface area contributed by atoms with Gasteiger partial charge in [0.05, 0.1) is 11.4 Å². The Morgan fingerprint density at radius 3 is 2.63 bits per heavy atom. The molecule has 4 rings (SSSR count). The number of benzene rings is 1. The monoisotopic (exact) mass is 392 g/mol. The molecule has 1 saturated heterocycles. The quantitative estimate of drug-likeness (QED) is 0.812. The molecular formula is C19H25ClN4O3. The van der Waals surface area contributed by atoms with E-state index in [4.69, 9.17) is 5.73 Å². The normalized spacial score (nSPS) is 26.1. The summed E-state index contributed by atoms with van der Waals surface area (Å²) in [6.07, 6.45) is 2.42. The molecule has 2 heterocycles. The van der Waals surface area contributed by atoms with Gasteiger partial charge >= 0.3 is 0 Å². The first-order chi connectivity index (χ1) is 12.5. The average molecular weight is 393 g/mol. The molecule has 3 unspecified atom stereocenters. The summed E-state index contributed by atoms with van der Waals surface area (Å²) in [6, 6.07) is 7.41. The highest BCUT2D eigenvalue weighted by Gasteiger charge is 2.42. The number of halogens is 1. The number of carbonyl (C=O) groups is 3. The molecule has 2 aliphatic heterocycles. The minimum absolute atomic E-state index is 0. The second-order valence-electron chi connectivity index (χ2n) is 7.51. The summed E-state index contributed by atoms with van der Waals surface area (Å²) >= 11 is 0. The van der Waals surface area contributed by atoms with Crippen LogP contribution in [-0.4, -0.2) is 48.3 Å². The summed E-state index contributed by atoms with van der Waals surface area (Å²) in [7, 11) is 0. The van der Waals surface area contributed by atoms with Gasteiger partial charge in [-0.15, -0.1) is 12.4 Å². The van der Waals surface area contributed by atoms with Gasteiger partial charge in [-0.2, -0.15) is 0 Å². The Morgan fingerprint density at radius 1 is 1.11 bits per heavy atom. The van der Waals surface area contributed by atoms with Crippen LogP contribution in [0.1, 0.15) is 25.7 Å². The molecule has 1 aliphatic carbocycles. The lowest BCUT2D eigenvalue weighted by Gasteiger charge is -2.29. The van der Waals surface area contributed by atoms with Gasteiger partial charge in [0.1, 0.15) is 6.54 Å². The third-order valence-electron chi connectivity index (χ3n) is 5.89. The minimum Gasteiger partial charge on any atom is -0.342 e. The molecule has 0 aromatic heterocycles. The van der Waals surface area contributed by atoms with Crippen LogP contribution in [0.15, 0.2) is 24.3 Å². The maximum Gasteiger partial charge on any atom is 0.244 e. The lowest BCUT2D eigenvalue weighted by molar-refractivity contribution is -0.132. The molecule has 0 spiro atoms. The number of likely N-dealkylation sites (tertiary alicyclic amines) is 1. The van der Waals surface area contributed by atoms with E-state index in [1.165, 1.54) is 4.90 Å². The van der Waals surface area contributed by atoms with Crippen molar-refractivity contribution in [3.8, 4) is 0 Å². The third kappa shape index (κ3) is 3.80. The molecule has 0 radical (unpaired) electrons. The number of rotatable bonds is 3. The van der Waals surface area contributed by atoms with Gasteiger partial charge in [-0.1, -0.05) is 12.1 Å². The summed E-state index contributed by atoms with van der Waals surface area (Å²) in [5, 5.41) is 2.76. The van der Waals surface area contributed by atoms with Crippen LogP contribution in [0.25, 0.3) is 0 Å². The number of carbonyl (C=O) groups excluding carboxylic acids is 3. The number of fused-ring (bicyclic) bond motifs is 2. The van der Waals surface area contributed by atoms with Crippen molar-refractivity contribution in [1.82, 2.24) is 4.90 Å². The fraction of sp³-hybridized carbons (Fsp3) is 0.526. The van der Waals surface area contributed by atoms with E-state index < -0.39 is 0 Å². The Labute approximate surface area is 164 Å². The minimum atomic E-state index is -0.218. The molecule has 0 bridgehead atoms. The van der Waals surface area contributed by atoms with Gasteiger partial charge in [-0.05, 0) is 36.8 Å². The Hall–Kier alpha value is -2.12. The van der Waals surface area contributed by atoms with Gasteiger partial charge in [-0.25, -0.2) is 0 Å². The Kier molecular flexibility index (Phi) is 5.72. The SMILES string of the molecule is Cl.NC1CCC2CN(C(=O)CCC(=O)N3CC(=O)Nc4ccccc43)CC12. The first kappa shape index (κ1) is 19.6. The van der Waals surface area contributed by atoms with Crippen LogP contribution in [0.4, 0.5) is 11.4 Å². The first-order valence-electron chi connectivity index (χ1n) is 9.25. The summed E-state index contributed by atoms with van der Waals surface area (Å²) < 4.78 is 0. The molecule has 7 nitrogen and oxygen atoms in total. The fourth-order valence-electron chi connectivity index (χ4n) is 4.47. The molecule has 146 valence electrons. The standard InChI is InChI=1S/C19H24N4O3.ClH/c20-14-6-5-12-9-22(10-13(12)14)18(25)7-8-19(26)23-11-17(24)21-15-3-1-2-4-16(15)23;/h1-4,12-14H,5-11,20H2,(H,21,24);1H. The smallest absolute Gasteiger partial charge is 0.244 e. The molecule has 3 aliphatic rings. The number of hydrogen-bond donors (Lipinski definition) is 2. The topological polar surface area (TPSA) is 95.7 Å². The van der Waals surface area contributed by atoms with Gasteiger partial charge < -0.3 is 20.9 Å². The molecule has 3 N–H and O–H groups in total. The van der Waals surface area contributed by atoms with Crippen LogP contribution in [0.3, 0.4) is 0 Å². The Bertz CT molecular complexity index is 756. The van der Waals surface area contributed by atoms with Crippen LogP contribution in [0.2, 0.25) is 0 Å². The highest BCUT2D eigenvalue weighted by atomic mass is 35.5. The van der Waals surface area contributed by atoms with Gasteiger partial charge in [-0.3, -0.25) is 14.4 Å². The molecule has 27 heavy (non-hydrogen) atoms. The summed E-state index contributed by atoms with van der Waals surface area (Å²) in [4.78, 5) is 40.3. The Morgan fingerprint density at radius 2 is 1.85 bits per heavy atom. The number of nitrogens with one attached hydrogen (secondary N) is 1. The van der Waals surface area contributed by atoms with Crippen LogP contribution in [0.5, 0.6) is 0 Å². The van der Waals surface area contributed by atoms with Crippen LogP contribution in [-0.2, 0) is 14.4 Å². The Balaban J connectivity index is 0.00000210. The summed E-state index contributed by atoms with van der Waals surface area (Å²) in [6.45, 7) is 1.47. The number of amides is 3. The van der Waals surface area contributed by atoms with Crippen molar-refractivity contribution in [2.24, 2.45) is 17.6 Å². The third-order valence-corrected chi connectivity index (χ3v) is 5.89. The van der Waals surface area contributed by atoms with Crippen molar-refractivity contribution in [3.05, 3.63) is 24.3 Å². The number of hydrogen-bond acceptors (Lipinski definition) is 4. The molecule has 3 amide bonds. The van der Waals surface area contributed by atoms with E-state index in [0.717, 1.165) is 19.4 Å². The van der Waals surface area contributed by atoms with E-state index in [-0.39, 0.29) is 55.6 Å². The van der Waals surface area contributed by atoms with Crippen molar-refractivity contribution in [3.63, 3.8) is 0 Å². The zero-order valence-electron chi connectivity index (χ0n) is 15.1. The molecule has 2 fully saturated rings. The maximum absolute atomic E-state index is 12.6. The number of nitrogens with two attached hydrogens (primary N) is 1. The van der Waals surface area contributed by atoms with Crippen LogP contribution >= 0.6 is 12.4 Å². The van der Waals surface area contributed by atoms with Crippen molar-refractivity contribution >= 4 is 41.5 Å². The van der Waals surface area contributed by atoms with Crippen molar-refractivity contribution in [2.45, 2.75) is 31.7 Å². The predicted octanol–water partition coefficient (Wildman–Crippen LogP) is 1.37. The summed E-state index contributed by atoms with van der Waals surface area (Å²) in [5.74, 6) is 0.519. The second-order valence-corrected chi connectivity index (χ2v) is 7.51. The van der Waals surface area contributed by atoms with E-state index in [2.05, 4.69) is 5.32 Å². The van der Waals surface area contributed by atoms with Gasteiger partial charge in [0.25, 0.3) is 0 Å². The number of nitrogens with zero attached hydrogens (tertiary/aromatic N) is 2. The highest BCUT2D eigenvalue weighted by molar-refractivity contribution is 6.10. The first-order valence-corrected chi connectivity index (χ1v) is 9.25. The molecule has 1 aromatic carbocycles. The zero-order valence-corrected chi connectivity index (χ0v) is 15.9. The van der Waals surface area contributed by atoms with E-state index >= 15 is 0 Å². The zero-order chi connectivity index (χ0) is 18.3. The lowest BCUT2D eigenvalue weighted by Crippen LogP contribution is -2.42. The molecule has 3 atom stereocenters. The van der Waals surface area contributed by atoms with Gasteiger partial charge in [0, 0.05) is 32.0 Å². The number of anilines is 2. The molecule has 8 heteroatoms. The van der Waals surface area contributed by atoms with Crippen LogP contribution < -0.4 is 16.0 Å². The van der Waals surface area contributed by atoms with Crippen molar-refractivity contribution in [2.75, 3.05) is 29.9 Å². The molecule has 1 saturated carbocycles. The van der Waals surface area contributed by atoms with E-state index in [1.807, 2.05) is 17.0 Å². The molecule has 1 aromatic rings. The highest BCUT2D eigenvalue weighted by Crippen LogP contribution is 2.37. The van der Waals surface area contributed by atoms with Crippen LogP contribution in [0, 0.1) is 11.8 Å². The number of para-hydroxylation sites is 2. The second kappa shape index (κ2) is 7.86. The maximum atomic E-state index is 12.6. The van der Waals surface area contributed by atoms with E-state index in [0.29, 0.717) is 29.8 Å².